The van der Waals surface area contributed by atoms with Gasteiger partial charge in [0.1, 0.15) is 53.3 Å². The molecule has 0 bridgehead atoms. The molecule has 19 heteroatoms. The Morgan fingerprint density at radius 3 is 2.22 bits per heavy atom. The molecule has 14 nitrogen and oxygen atoms in total. The van der Waals surface area contributed by atoms with Crippen LogP contribution < -0.4 is 29.6 Å². The van der Waals surface area contributed by atoms with Crippen molar-refractivity contribution in [2.75, 3.05) is 33.5 Å². The van der Waals surface area contributed by atoms with Crippen LogP contribution in [-0.2, 0) is 36.8 Å². The number of esters is 1. The van der Waals surface area contributed by atoms with Crippen LogP contribution in [0, 0.1) is 11.7 Å². The van der Waals surface area contributed by atoms with Crippen molar-refractivity contribution in [1.82, 2.24) is 20.3 Å². The monoisotopic (exact) mass is 868 g/mol. The Bertz CT molecular complexity index is 2020. The smallest absolute Gasteiger partial charge is 0.424 e. The molecule has 0 aliphatic carbocycles. The second-order valence-corrected chi connectivity index (χ2v) is 18.6. The number of alkyl halides is 3. The van der Waals surface area contributed by atoms with E-state index in [1.54, 1.807) is 62.3 Å². The van der Waals surface area contributed by atoms with Crippen LogP contribution in [0.25, 0.3) is 11.3 Å². The maximum absolute atomic E-state index is 15.0. The number of nitrogens with zero attached hydrogens (tertiary/aromatic N) is 1. The van der Waals surface area contributed by atoms with Crippen LogP contribution in [-0.4, -0.2) is 88.7 Å². The van der Waals surface area contributed by atoms with Crippen molar-refractivity contribution in [3.63, 3.8) is 0 Å². The Morgan fingerprint density at radius 2 is 1.65 bits per heavy atom. The summed E-state index contributed by atoms with van der Waals surface area (Å²) < 4.78 is 102. The van der Waals surface area contributed by atoms with Crippen molar-refractivity contribution in [2.45, 2.75) is 96.0 Å². The number of ether oxygens (including phenoxy) is 5. The zero-order valence-electron chi connectivity index (χ0n) is 35.1. The number of methoxy groups -OCH3 is 1. The van der Waals surface area contributed by atoms with Crippen LogP contribution in [0.2, 0.25) is 0 Å². The van der Waals surface area contributed by atoms with Gasteiger partial charge in [-0.3, -0.25) is 4.79 Å². The van der Waals surface area contributed by atoms with E-state index >= 15 is 13.2 Å². The van der Waals surface area contributed by atoms with E-state index in [1.807, 2.05) is 0 Å². The number of rotatable bonds is 15. The molecule has 3 aromatic rings. The van der Waals surface area contributed by atoms with Crippen molar-refractivity contribution in [1.29, 1.82) is 0 Å². The summed E-state index contributed by atoms with van der Waals surface area (Å²) >= 11 is -1.72. The predicted octanol–water partition coefficient (Wildman–Crippen LogP) is 6.21. The number of fused-ring (bicyclic) bond motifs is 1. The summed E-state index contributed by atoms with van der Waals surface area (Å²) in [7, 11) is 1.27. The summed E-state index contributed by atoms with van der Waals surface area (Å²) in [6.07, 6.45) is -6.19. The lowest BCUT2D eigenvalue weighted by atomic mass is 9.89. The van der Waals surface area contributed by atoms with E-state index in [-0.39, 0.29) is 65.4 Å². The average Bonchev–Trinajstić information content (AvgIpc) is 3.48. The number of carbonyl (C=O) groups is 3. The number of halogens is 4. The Labute approximate surface area is 349 Å². The largest absolute Gasteiger partial charge is 0.598 e. The summed E-state index contributed by atoms with van der Waals surface area (Å²) in [6.45, 7) is 13.2. The highest BCUT2D eigenvalue weighted by Gasteiger charge is 2.58. The van der Waals surface area contributed by atoms with E-state index in [4.69, 9.17) is 23.7 Å². The summed E-state index contributed by atoms with van der Waals surface area (Å²) in [4.78, 5) is 42.5. The Morgan fingerprint density at radius 1 is 1.00 bits per heavy atom. The van der Waals surface area contributed by atoms with E-state index in [9.17, 15) is 28.4 Å². The molecule has 0 radical (unpaired) electrons. The van der Waals surface area contributed by atoms with Gasteiger partial charge in [0, 0.05) is 28.1 Å². The minimum Gasteiger partial charge on any atom is -0.598 e. The minimum absolute atomic E-state index is 0.00960. The molecule has 2 amide bonds. The van der Waals surface area contributed by atoms with Crippen molar-refractivity contribution in [3.8, 4) is 28.5 Å². The topological polar surface area (TPSA) is 190 Å². The van der Waals surface area contributed by atoms with Crippen LogP contribution in [0.1, 0.15) is 83.9 Å². The molecule has 0 saturated heterocycles. The quantitative estimate of drug-likeness (QED) is 0.0586. The summed E-state index contributed by atoms with van der Waals surface area (Å²) in [5, 5.41) is 16.1. The third-order valence-corrected chi connectivity index (χ3v) is 10.8. The molecule has 0 spiro atoms. The molecule has 4 unspecified atom stereocenters. The fourth-order valence-electron chi connectivity index (χ4n) is 5.73. The second kappa shape index (κ2) is 18.4. The second-order valence-electron chi connectivity index (χ2n) is 16.6. The van der Waals surface area contributed by atoms with Gasteiger partial charge in [0.2, 0.25) is 5.60 Å². The van der Waals surface area contributed by atoms with Gasteiger partial charge < -0.3 is 44.0 Å². The SMILES string of the molecule is COc1cc(C(=O)NCC(O)(c2cc3c(c(-c4ccc(F)cc4)n2)OCC3(C)N[S+]([O-])C(C)(C)C)C(F)(F)F)ccc1OCCOC(=O)C(NC(=O)OC(C)(C)C)C(C)C. The first-order valence-corrected chi connectivity index (χ1v) is 20.0. The zero-order chi connectivity index (χ0) is 45.0. The normalized spacial score (nSPS) is 17.4. The van der Waals surface area contributed by atoms with Crippen molar-refractivity contribution in [2.24, 2.45) is 5.92 Å². The third-order valence-electron chi connectivity index (χ3n) is 9.07. The first-order valence-electron chi connectivity index (χ1n) is 18.9. The number of hydrogen-bond donors (Lipinski definition) is 4. The van der Waals surface area contributed by atoms with Crippen LogP contribution in [0.5, 0.6) is 17.2 Å². The third kappa shape index (κ3) is 11.5. The standard InChI is InChI=1S/C41H52F4N4O10S/c1-23(2)31(48-36(52)59-37(3,4)5)35(51)57-18-17-56-28-16-13-25(19-29(28)55-10)34(50)46-21-40(53,41(43,44)45)30-20-27-33(32(47-30)24-11-14-26(42)15-12-24)58-22-39(27,9)49-60(54)38(6,7)8/h11-16,19-20,23,31,49,53H,17-18,21-22H2,1-10H3,(H,46,50)(H,48,52). The molecule has 1 aliphatic heterocycles. The molecule has 60 heavy (non-hydrogen) atoms. The van der Waals surface area contributed by atoms with Crippen molar-refractivity contribution < 1.29 is 65.3 Å². The van der Waals surface area contributed by atoms with Gasteiger partial charge in [0.05, 0.1) is 19.3 Å². The molecule has 0 saturated carbocycles. The molecule has 4 rings (SSSR count). The minimum atomic E-state index is -5.40. The molecule has 1 aromatic heterocycles. The number of amides is 2. The van der Waals surface area contributed by atoms with Crippen LogP contribution >= 0.6 is 0 Å². The summed E-state index contributed by atoms with van der Waals surface area (Å²) in [5.41, 5.74) is -6.82. The van der Waals surface area contributed by atoms with Gasteiger partial charge in [-0.1, -0.05) is 13.8 Å². The lowest BCUT2D eigenvalue weighted by Gasteiger charge is -2.33. The molecule has 330 valence electrons. The number of aliphatic hydroxyl groups is 1. The van der Waals surface area contributed by atoms with Crippen molar-refractivity contribution in [3.05, 3.63) is 71.2 Å². The van der Waals surface area contributed by atoms with Gasteiger partial charge in [-0.25, -0.2) is 19.0 Å². The molecule has 0 fully saturated rings. The molecule has 2 heterocycles. The van der Waals surface area contributed by atoms with E-state index in [1.165, 1.54) is 37.4 Å². The van der Waals surface area contributed by atoms with Gasteiger partial charge in [-0.15, -0.1) is 4.72 Å². The maximum Gasteiger partial charge on any atom is 0.424 e. The van der Waals surface area contributed by atoms with Crippen LogP contribution in [0.4, 0.5) is 22.4 Å². The number of pyridine rings is 1. The molecule has 1 aliphatic rings. The van der Waals surface area contributed by atoms with E-state index < -0.39 is 81.1 Å². The first kappa shape index (κ1) is 47.8. The number of benzene rings is 2. The molecule has 4 N–H and O–H groups in total. The van der Waals surface area contributed by atoms with E-state index in [2.05, 4.69) is 20.3 Å². The molecule has 2 aromatic carbocycles. The lowest BCUT2D eigenvalue weighted by molar-refractivity contribution is -0.265. The van der Waals surface area contributed by atoms with Gasteiger partial charge >= 0.3 is 18.2 Å². The first-order chi connectivity index (χ1) is 27.7. The summed E-state index contributed by atoms with van der Waals surface area (Å²) in [6, 6.07) is 8.51. The fraction of sp³-hybridized carbons (Fsp3) is 0.512. The number of alkyl carbamates (subject to hydrolysis) is 1. The highest BCUT2D eigenvalue weighted by Crippen LogP contribution is 2.47. The predicted molar refractivity (Wildman–Crippen MR) is 213 cm³/mol. The Balaban J connectivity index is 1.54. The number of nitrogens with one attached hydrogen (secondary N) is 3. The van der Waals surface area contributed by atoms with E-state index in [0.29, 0.717) is 0 Å². The van der Waals surface area contributed by atoms with Gasteiger partial charge in [0.15, 0.2) is 17.2 Å². The maximum atomic E-state index is 15.0. The van der Waals surface area contributed by atoms with Crippen LogP contribution in [0.15, 0.2) is 48.5 Å². The zero-order valence-corrected chi connectivity index (χ0v) is 35.9. The Hall–Kier alpha value is -4.85. The lowest BCUT2D eigenvalue weighted by Crippen LogP contribution is -2.52. The molecule has 4 atom stereocenters. The van der Waals surface area contributed by atoms with E-state index in [0.717, 1.165) is 18.2 Å². The fourth-order valence-corrected chi connectivity index (χ4v) is 6.62. The van der Waals surface area contributed by atoms with Gasteiger partial charge in [-0.2, -0.15) is 13.2 Å². The Kier molecular flexibility index (Phi) is 14.7. The van der Waals surface area contributed by atoms with Crippen LogP contribution in [0.3, 0.4) is 0 Å². The highest BCUT2D eigenvalue weighted by atomic mass is 32.2. The summed E-state index contributed by atoms with van der Waals surface area (Å²) in [5.74, 6) is -2.54. The number of hydrogen-bond acceptors (Lipinski definition) is 12. The number of aromatic nitrogens is 1. The van der Waals surface area contributed by atoms with Gasteiger partial charge in [-0.05, 0) is 103 Å². The highest BCUT2D eigenvalue weighted by molar-refractivity contribution is 7.90. The molecular weight excluding hydrogens is 817 g/mol. The molecular formula is C41H52F4N4O10S. The van der Waals surface area contributed by atoms with Gasteiger partial charge in [0.25, 0.3) is 5.91 Å². The average molecular weight is 869 g/mol. The number of carbonyl (C=O) groups excluding carboxylic acids is 3. The van der Waals surface area contributed by atoms with Crippen molar-refractivity contribution >= 4 is 29.3 Å².